The summed E-state index contributed by atoms with van der Waals surface area (Å²) in [5.74, 6) is -1.49. The topological polar surface area (TPSA) is 114 Å². The van der Waals surface area contributed by atoms with E-state index in [0.717, 1.165) is 22.3 Å². The molecule has 0 aliphatic heterocycles. The molecule has 0 saturated heterocycles. The summed E-state index contributed by atoms with van der Waals surface area (Å²) in [6, 6.07) is 21.2. The first-order valence-corrected chi connectivity index (χ1v) is 11.3. The molecule has 1 aliphatic rings. The van der Waals surface area contributed by atoms with Gasteiger partial charge in [0.1, 0.15) is 19.3 Å². The quantitative estimate of drug-likeness (QED) is 0.423. The van der Waals surface area contributed by atoms with E-state index in [4.69, 9.17) is 21.1 Å². The number of alkyl carbamates (subject to hydrolysis) is 2. The van der Waals surface area contributed by atoms with Gasteiger partial charge >= 0.3 is 18.2 Å². The van der Waals surface area contributed by atoms with Gasteiger partial charge in [-0.2, -0.15) is 0 Å². The molecule has 3 aromatic rings. The summed E-state index contributed by atoms with van der Waals surface area (Å²) in [4.78, 5) is 35.9. The number of fused-ring (bicyclic) bond motifs is 3. The molecule has 4 rings (SSSR count). The van der Waals surface area contributed by atoms with E-state index in [2.05, 4.69) is 10.6 Å². The normalized spacial score (nSPS) is 12.7. The summed E-state index contributed by atoms with van der Waals surface area (Å²) in [6.07, 6.45) is -1.74. The van der Waals surface area contributed by atoms with Gasteiger partial charge in [0.15, 0.2) is 0 Å². The molecule has 3 aromatic carbocycles. The van der Waals surface area contributed by atoms with Crippen molar-refractivity contribution < 1.29 is 29.0 Å². The standard InChI is InChI=1S/C26H23ClN2O6/c27-22-12-6-1-7-16(22)14-34-25(32)28-13-23(24(30)31)29-26(33)35-15-21-19-10-4-2-8-17(19)18-9-3-5-11-20(18)21/h1-12,21,23H,13-15H2,(H,28,32)(H,29,33)(H,30,31)/t23-/m0/s1. The molecule has 2 amide bonds. The smallest absolute Gasteiger partial charge is 0.407 e. The minimum absolute atomic E-state index is 0.0412. The molecule has 0 spiro atoms. The van der Waals surface area contributed by atoms with Crippen LogP contribution in [0.3, 0.4) is 0 Å². The van der Waals surface area contributed by atoms with Crippen LogP contribution >= 0.6 is 11.6 Å². The van der Waals surface area contributed by atoms with Crippen LogP contribution < -0.4 is 10.6 Å². The lowest BCUT2D eigenvalue weighted by atomic mass is 9.98. The van der Waals surface area contributed by atoms with E-state index < -0.39 is 24.2 Å². The number of hydrogen-bond acceptors (Lipinski definition) is 5. The van der Waals surface area contributed by atoms with Crippen LogP contribution in [0, 0.1) is 0 Å². The second kappa shape index (κ2) is 10.9. The number of carboxylic acids is 1. The number of halogens is 1. The van der Waals surface area contributed by atoms with Crippen LogP contribution in [0.4, 0.5) is 9.59 Å². The number of rotatable bonds is 8. The maximum atomic E-state index is 12.4. The lowest BCUT2D eigenvalue weighted by Gasteiger charge is -2.18. The first-order chi connectivity index (χ1) is 16.9. The number of ether oxygens (including phenoxy) is 2. The first-order valence-electron chi connectivity index (χ1n) is 10.9. The van der Waals surface area contributed by atoms with Crippen molar-refractivity contribution in [1.82, 2.24) is 10.6 Å². The molecule has 180 valence electrons. The largest absolute Gasteiger partial charge is 0.480 e. The number of amides is 2. The highest BCUT2D eigenvalue weighted by atomic mass is 35.5. The van der Waals surface area contributed by atoms with Crippen molar-refractivity contribution in [2.24, 2.45) is 0 Å². The zero-order valence-electron chi connectivity index (χ0n) is 18.6. The second-order valence-corrected chi connectivity index (χ2v) is 8.32. The van der Waals surface area contributed by atoms with Gasteiger partial charge in [0.25, 0.3) is 0 Å². The highest BCUT2D eigenvalue weighted by Gasteiger charge is 2.29. The van der Waals surface area contributed by atoms with Gasteiger partial charge in [-0.25, -0.2) is 14.4 Å². The zero-order chi connectivity index (χ0) is 24.8. The molecule has 3 N–H and O–H groups in total. The molecule has 0 aromatic heterocycles. The Morgan fingerprint density at radius 2 is 1.46 bits per heavy atom. The van der Waals surface area contributed by atoms with Gasteiger partial charge in [-0.1, -0.05) is 78.3 Å². The lowest BCUT2D eigenvalue weighted by molar-refractivity contribution is -0.139. The van der Waals surface area contributed by atoms with E-state index in [1.165, 1.54) is 0 Å². The summed E-state index contributed by atoms with van der Waals surface area (Å²) in [5, 5.41) is 14.5. The molecule has 0 radical (unpaired) electrons. The Bertz CT molecular complexity index is 1200. The van der Waals surface area contributed by atoms with E-state index in [-0.39, 0.29) is 25.7 Å². The van der Waals surface area contributed by atoms with Crippen molar-refractivity contribution in [3.8, 4) is 11.1 Å². The lowest BCUT2D eigenvalue weighted by Crippen LogP contribution is -2.48. The van der Waals surface area contributed by atoms with Crippen molar-refractivity contribution in [1.29, 1.82) is 0 Å². The third-order valence-electron chi connectivity index (χ3n) is 5.70. The molecule has 0 bridgehead atoms. The highest BCUT2D eigenvalue weighted by molar-refractivity contribution is 6.31. The molecule has 35 heavy (non-hydrogen) atoms. The van der Waals surface area contributed by atoms with E-state index in [1.54, 1.807) is 24.3 Å². The summed E-state index contributed by atoms with van der Waals surface area (Å²) in [6.45, 7) is -0.427. The van der Waals surface area contributed by atoms with Crippen LogP contribution in [0.5, 0.6) is 0 Å². The molecule has 9 heteroatoms. The fourth-order valence-electron chi connectivity index (χ4n) is 3.98. The Morgan fingerprint density at radius 1 is 0.857 bits per heavy atom. The predicted octanol–water partition coefficient (Wildman–Crippen LogP) is 4.56. The van der Waals surface area contributed by atoms with Crippen molar-refractivity contribution in [3.05, 3.63) is 94.5 Å². The summed E-state index contributed by atoms with van der Waals surface area (Å²) < 4.78 is 10.4. The SMILES string of the molecule is O=C(NC[C@H](NC(=O)OCC1c2ccccc2-c2ccccc21)C(=O)O)OCc1ccccc1Cl. The fraction of sp³-hybridized carbons (Fsp3) is 0.192. The Hall–Kier alpha value is -4.04. The molecule has 0 unspecified atom stereocenters. The monoisotopic (exact) mass is 494 g/mol. The van der Waals surface area contributed by atoms with Crippen LogP contribution in [0.15, 0.2) is 72.8 Å². The van der Waals surface area contributed by atoms with Gasteiger partial charge < -0.3 is 25.2 Å². The summed E-state index contributed by atoms with van der Waals surface area (Å²) in [7, 11) is 0. The van der Waals surface area contributed by atoms with E-state index in [1.807, 2.05) is 48.5 Å². The highest BCUT2D eigenvalue weighted by Crippen LogP contribution is 2.44. The summed E-state index contributed by atoms with van der Waals surface area (Å²) >= 11 is 6.02. The average Bonchev–Trinajstić information content (AvgIpc) is 3.18. The Labute approximate surface area is 206 Å². The minimum Gasteiger partial charge on any atom is -0.480 e. The van der Waals surface area contributed by atoms with E-state index in [9.17, 15) is 19.5 Å². The number of nitrogens with one attached hydrogen (secondary N) is 2. The molecule has 1 atom stereocenters. The van der Waals surface area contributed by atoms with Gasteiger partial charge in [-0.15, -0.1) is 0 Å². The van der Waals surface area contributed by atoms with Gasteiger partial charge in [0, 0.05) is 16.5 Å². The molecular weight excluding hydrogens is 472 g/mol. The Balaban J connectivity index is 1.29. The zero-order valence-corrected chi connectivity index (χ0v) is 19.3. The van der Waals surface area contributed by atoms with Crippen LogP contribution in [0.2, 0.25) is 5.02 Å². The van der Waals surface area contributed by atoms with Crippen molar-refractivity contribution in [3.63, 3.8) is 0 Å². The van der Waals surface area contributed by atoms with Crippen molar-refractivity contribution in [2.75, 3.05) is 13.2 Å². The third kappa shape index (κ3) is 5.73. The minimum atomic E-state index is -1.40. The number of carbonyl (C=O) groups is 3. The predicted molar refractivity (Wildman–Crippen MR) is 129 cm³/mol. The third-order valence-corrected chi connectivity index (χ3v) is 6.07. The number of carbonyl (C=O) groups excluding carboxylic acids is 2. The molecule has 1 aliphatic carbocycles. The van der Waals surface area contributed by atoms with Crippen LogP contribution in [-0.2, 0) is 20.9 Å². The second-order valence-electron chi connectivity index (χ2n) is 7.91. The maximum Gasteiger partial charge on any atom is 0.407 e. The Kier molecular flexibility index (Phi) is 7.52. The first kappa shape index (κ1) is 24.1. The number of aliphatic carboxylic acids is 1. The van der Waals surface area contributed by atoms with Crippen LogP contribution in [0.1, 0.15) is 22.6 Å². The van der Waals surface area contributed by atoms with E-state index in [0.29, 0.717) is 10.6 Å². The number of benzene rings is 3. The van der Waals surface area contributed by atoms with E-state index >= 15 is 0 Å². The van der Waals surface area contributed by atoms with Gasteiger partial charge in [-0.3, -0.25) is 0 Å². The molecule has 0 saturated carbocycles. The van der Waals surface area contributed by atoms with Crippen LogP contribution in [-0.4, -0.2) is 42.5 Å². The van der Waals surface area contributed by atoms with Gasteiger partial charge in [0.05, 0.1) is 6.54 Å². The molecule has 8 nitrogen and oxygen atoms in total. The van der Waals surface area contributed by atoms with Gasteiger partial charge in [-0.05, 0) is 28.3 Å². The summed E-state index contributed by atoms with van der Waals surface area (Å²) in [5.41, 5.74) is 4.86. The Morgan fingerprint density at radius 3 is 2.09 bits per heavy atom. The number of hydrogen-bond donors (Lipinski definition) is 3. The maximum absolute atomic E-state index is 12.4. The van der Waals surface area contributed by atoms with Crippen molar-refractivity contribution >= 4 is 29.8 Å². The van der Waals surface area contributed by atoms with Crippen molar-refractivity contribution in [2.45, 2.75) is 18.6 Å². The van der Waals surface area contributed by atoms with Crippen LogP contribution in [0.25, 0.3) is 11.1 Å². The van der Waals surface area contributed by atoms with Gasteiger partial charge in [0.2, 0.25) is 0 Å². The average molecular weight is 495 g/mol. The molecule has 0 heterocycles. The fourth-order valence-corrected chi connectivity index (χ4v) is 4.17. The number of carboxylic acid groups (broad SMARTS) is 1. The molecular formula is C26H23ClN2O6. The molecule has 0 fully saturated rings.